The predicted octanol–water partition coefficient (Wildman–Crippen LogP) is 1.13. The van der Waals surface area contributed by atoms with Crippen LogP contribution < -0.4 is 11.4 Å². The summed E-state index contributed by atoms with van der Waals surface area (Å²) in [6, 6.07) is 0. The van der Waals surface area contributed by atoms with Crippen molar-refractivity contribution in [1.82, 2.24) is 9.13 Å². The fourth-order valence-corrected chi connectivity index (χ4v) is 1.60. The van der Waals surface area contributed by atoms with Crippen LogP contribution in [0.5, 0.6) is 0 Å². The number of nitrogens with two attached hydrogens (primary N) is 1. The van der Waals surface area contributed by atoms with Crippen molar-refractivity contribution in [2.45, 2.75) is 39.3 Å². The molecular formula is C10H17N3OS. The molecule has 0 amide bonds. The monoisotopic (exact) mass is 227 g/mol. The number of rotatable bonds is 6. The number of imidazole rings is 1. The van der Waals surface area contributed by atoms with Crippen molar-refractivity contribution in [2.24, 2.45) is 5.73 Å². The van der Waals surface area contributed by atoms with Crippen molar-refractivity contribution in [3.05, 3.63) is 22.9 Å². The summed E-state index contributed by atoms with van der Waals surface area (Å²) in [5, 5.41) is 0. The average molecular weight is 227 g/mol. The molecule has 1 rings (SSSR count). The van der Waals surface area contributed by atoms with Gasteiger partial charge in [0.05, 0.1) is 4.99 Å². The largest absolute Gasteiger partial charge is 0.393 e. The molecule has 1 aromatic rings. The smallest absolute Gasteiger partial charge is 0.328 e. The fraction of sp³-hybridized carbons (Fsp3) is 0.600. The number of aromatic nitrogens is 2. The Bertz CT molecular complexity index is 380. The van der Waals surface area contributed by atoms with Gasteiger partial charge < -0.3 is 5.73 Å². The van der Waals surface area contributed by atoms with Crippen molar-refractivity contribution in [3.8, 4) is 0 Å². The summed E-state index contributed by atoms with van der Waals surface area (Å²) >= 11 is 4.78. The molecule has 0 aromatic carbocycles. The van der Waals surface area contributed by atoms with Gasteiger partial charge in [0.1, 0.15) is 0 Å². The molecule has 4 nitrogen and oxygen atoms in total. The minimum Gasteiger partial charge on any atom is -0.393 e. The Morgan fingerprint density at radius 2 is 2.00 bits per heavy atom. The molecule has 0 unspecified atom stereocenters. The summed E-state index contributed by atoms with van der Waals surface area (Å²) in [6.45, 7) is 3.52. The van der Waals surface area contributed by atoms with Crippen LogP contribution in [0.15, 0.2) is 17.2 Å². The third kappa shape index (κ3) is 3.51. The van der Waals surface area contributed by atoms with E-state index in [0.29, 0.717) is 18.0 Å². The molecule has 0 aliphatic rings. The normalized spacial score (nSPS) is 10.5. The van der Waals surface area contributed by atoms with Gasteiger partial charge in [0, 0.05) is 25.5 Å². The highest BCUT2D eigenvalue weighted by atomic mass is 32.1. The van der Waals surface area contributed by atoms with E-state index >= 15 is 0 Å². The SMILES string of the molecule is CCCn1ccn(CCCC(N)=S)c1=O. The lowest BCUT2D eigenvalue weighted by Crippen LogP contribution is -2.24. The van der Waals surface area contributed by atoms with Crippen LogP contribution in [0.1, 0.15) is 26.2 Å². The Labute approximate surface area is 94.7 Å². The van der Waals surface area contributed by atoms with Crippen molar-refractivity contribution in [1.29, 1.82) is 0 Å². The average Bonchev–Trinajstić information content (AvgIpc) is 2.50. The van der Waals surface area contributed by atoms with Crippen LogP contribution in [0.4, 0.5) is 0 Å². The van der Waals surface area contributed by atoms with Gasteiger partial charge in [-0.3, -0.25) is 9.13 Å². The van der Waals surface area contributed by atoms with Crippen LogP contribution >= 0.6 is 12.2 Å². The van der Waals surface area contributed by atoms with Gasteiger partial charge in [-0.25, -0.2) is 4.79 Å². The summed E-state index contributed by atoms with van der Waals surface area (Å²) in [7, 11) is 0. The molecule has 0 radical (unpaired) electrons. The lowest BCUT2D eigenvalue weighted by molar-refractivity contribution is 0.588. The van der Waals surface area contributed by atoms with Crippen molar-refractivity contribution < 1.29 is 0 Å². The Morgan fingerprint density at radius 3 is 2.53 bits per heavy atom. The maximum atomic E-state index is 11.7. The highest BCUT2D eigenvalue weighted by molar-refractivity contribution is 7.80. The first-order chi connectivity index (χ1) is 7.15. The quantitative estimate of drug-likeness (QED) is 0.741. The highest BCUT2D eigenvalue weighted by Gasteiger charge is 2.01. The third-order valence-corrected chi connectivity index (χ3v) is 2.41. The molecule has 84 valence electrons. The second-order valence-electron chi connectivity index (χ2n) is 3.54. The zero-order valence-electron chi connectivity index (χ0n) is 8.98. The van der Waals surface area contributed by atoms with E-state index < -0.39 is 0 Å². The van der Waals surface area contributed by atoms with E-state index in [-0.39, 0.29) is 5.69 Å². The molecule has 0 saturated heterocycles. The molecule has 0 saturated carbocycles. The second kappa shape index (κ2) is 5.70. The summed E-state index contributed by atoms with van der Waals surface area (Å²) in [5.41, 5.74) is 5.44. The van der Waals surface area contributed by atoms with Gasteiger partial charge in [0.25, 0.3) is 0 Å². The van der Waals surface area contributed by atoms with Crippen molar-refractivity contribution in [3.63, 3.8) is 0 Å². The van der Waals surface area contributed by atoms with E-state index in [9.17, 15) is 4.79 Å². The van der Waals surface area contributed by atoms with Crippen LogP contribution in [0, 0.1) is 0 Å². The molecule has 0 bridgehead atoms. The van der Waals surface area contributed by atoms with Gasteiger partial charge in [0.2, 0.25) is 0 Å². The topological polar surface area (TPSA) is 52.9 Å². The number of hydrogen-bond acceptors (Lipinski definition) is 2. The van der Waals surface area contributed by atoms with Gasteiger partial charge in [-0.05, 0) is 19.3 Å². The van der Waals surface area contributed by atoms with Crippen LogP contribution in [0.25, 0.3) is 0 Å². The highest BCUT2D eigenvalue weighted by Crippen LogP contribution is 1.94. The maximum Gasteiger partial charge on any atom is 0.328 e. The molecule has 0 aliphatic carbocycles. The number of hydrogen-bond donors (Lipinski definition) is 1. The molecule has 0 atom stereocenters. The molecular weight excluding hydrogens is 210 g/mol. The summed E-state index contributed by atoms with van der Waals surface area (Å²) in [6.07, 6.45) is 6.13. The number of thiocarbonyl (C=S) groups is 1. The first kappa shape index (κ1) is 12.0. The molecule has 0 spiro atoms. The predicted molar refractivity (Wildman–Crippen MR) is 65.0 cm³/mol. The van der Waals surface area contributed by atoms with Crippen molar-refractivity contribution in [2.75, 3.05) is 0 Å². The maximum absolute atomic E-state index is 11.7. The minimum absolute atomic E-state index is 0.0554. The van der Waals surface area contributed by atoms with Gasteiger partial charge in [0.15, 0.2) is 0 Å². The fourth-order valence-electron chi connectivity index (χ4n) is 1.46. The van der Waals surface area contributed by atoms with E-state index in [1.807, 2.05) is 12.4 Å². The molecule has 2 N–H and O–H groups in total. The van der Waals surface area contributed by atoms with E-state index in [1.54, 1.807) is 9.13 Å². The zero-order chi connectivity index (χ0) is 11.3. The van der Waals surface area contributed by atoms with Crippen molar-refractivity contribution >= 4 is 17.2 Å². The van der Waals surface area contributed by atoms with Crippen LogP contribution in [0.2, 0.25) is 0 Å². The lowest BCUT2D eigenvalue weighted by atomic mass is 10.3. The third-order valence-electron chi connectivity index (χ3n) is 2.20. The minimum atomic E-state index is 0.0554. The molecule has 1 aromatic heterocycles. The van der Waals surface area contributed by atoms with Crippen LogP contribution in [-0.2, 0) is 13.1 Å². The van der Waals surface area contributed by atoms with Gasteiger partial charge in [-0.15, -0.1) is 0 Å². The van der Waals surface area contributed by atoms with E-state index in [1.165, 1.54) is 0 Å². The Balaban J connectivity index is 2.55. The van der Waals surface area contributed by atoms with Crippen LogP contribution in [-0.4, -0.2) is 14.1 Å². The van der Waals surface area contributed by atoms with E-state index in [0.717, 1.165) is 19.4 Å². The molecule has 5 heteroatoms. The van der Waals surface area contributed by atoms with Gasteiger partial charge >= 0.3 is 5.69 Å². The first-order valence-electron chi connectivity index (χ1n) is 5.19. The standard InChI is InChI=1S/C10H17N3OS/c1-2-5-12-7-8-13(10(12)14)6-3-4-9(11)15/h7-8H,2-6H2,1H3,(H2,11,15). The van der Waals surface area contributed by atoms with E-state index in [4.69, 9.17) is 18.0 Å². The van der Waals surface area contributed by atoms with Gasteiger partial charge in [-0.1, -0.05) is 19.1 Å². The summed E-state index contributed by atoms with van der Waals surface area (Å²) in [4.78, 5) is 12.2. The Morgan fingerprint density at radius 1 is 1.40 bits per heavy atom. The zero-order valence-corrected chi connectivity index (χ0v) is 9.80. The number of nitrogens with zero attached hydrogens (tertiary/aromatic N) is 2. The Hall–Kier alpha value is -1.10. The second-order valence-corrected chi connectivity index (χ2v) is 4.06. The lowest BCUT2D eigenvalue weighted by Gasteiger charge is -2.00. The molecule has 0 fully saturated rings. The van der Waals surface area contributed by atoms with E-state index in [2.05, 4.69) is 6.92 Å². The first-order valence-corrected chi connectivity index (χ1v) is 5.60. The number of aryl methyl sites for hydroxylation is 2. The van der Waals surface area contributed by atoms with Crippen LogP contribution in [0.3, 0.4) is 0 Å². The summed E-state index contributed by atoms with van der Waals surface area (Å²) in [5.74, 6) is 0. The van der Waals surface area contributed by atoms with Gasteiger partial charge in [-0.2, -0.15) is 0 Å². The molecule has 0 aliphatic heterocycles. The summed E-state index contributed by atoms with van der Waals surface area (Å²) < 4.78 is 3.43. The Kier molecular flexibility index (Phi) is 4.55. The molecule has 15 heavy (non-hydrogen) atoms. The molecule has 1 heterocycles.